The minimum atomic E-state index is -0.656. The zero-order chi connectivity index (χ0) is 31.4. The van der Waals surface area contributed by atoms with Gasteiger partial charge in [0.25, 0.3) is 0 Å². The number of hydrogen-bond donors (Lipinski definition) is 1. The number of hydrogen-bond acceptors (Lipinski definition) is 7. The highest BCUT2D eigenvalue weighted by Gasteiger charge is 2.20. The molecule has 1 saturated heterocycles. The van der Waals surface area contributed by atoms with Gasteiger partial charge in [0.2, 0.25) is 11.8 Å². The fourth-order valence-electron chi connectivity index (χ4n) is 5.29. The summed E-state index contributed by atoms with van der Waals surface area (Å²) < 4.78 is 26.6. The molecule has 4 aromatic rings. The van der Waals surface area contributed by atoms with Gasteiger partial charge in [-0.3, -0.25) is 4.90 Å². The van der Waals surface area contributed by atoms with Crippen LogP contribution in [0.15, 0.2) is 60.7 Å². The monoisotopic (exact) mass is 617 g/mol. The number of aromatic nitrogens is 2. The van der Waals surface area contributed by atoms with E-state index in [1.54, 1.807) is 49.5 Å². The number of carbonyl (C=O) groups excluding carboxylic acids is 1. The summed E-state index contributed by atoms with van der Waals surface area (Å²) in [6.45, 7) is 8.60. The number of nitrogens with one attached hydrogen (secondary N) is 1. The molecule has 0 radical (unpaired) electrons. The number of halogens is 2. The first-order chi connectivity index (χ1) is 21.1. The lowest BCUT2D eigenvalue weighted by atomic mass is 9.97. The van der Waals surface area contributed by atoms with Crippen LogP contribution in [0.1, 0.15) is 29.5 Å². The summed E-state index contributed by atoms with van der Waals surface area (Å²) in [5.41, 5.74) is 5.73. The molecular weight excluding hydrogens is 581 g/mol. The highest BCUT2D eigenvalue weighted by Crippen LogP contribution is 2.31. The standard InChI is InChI=1S/C34H37ClFN5O3/c1-21-11-13-28(23(3)22(21)2)30-18-32(44-34(42)41(5)27-10-6-9-25(35)16-27)39-33(38-30)37-26-12-14-31(29(36)17-26)43-20-24-8-7-15-40(4)19-24/h6,9-14,16-18,24H,7-8,15,19-20H2,1-5H3,(H,37,38,39). The number of ether oxygens (including phenoxy) is 2. The van der Waals surface area contributed by atoms with Crippen molar-refractivity contribution in [3.8, 4) is 22.9 Å². The zero-order valence-electron chi connectivity index (χ0n) is 25.7. The Morgan fingerprint density at radius 1 is 1.09 bits per heavy atom. The predicted octanol–water partition coefficient (Wildman–Crippen LogP) is 7.96. The molecule has 0 saturated carbocycles. The molecule has 0 bridgehead atoms. The highest BCUT2D eigenvalue weighted by molar-refractivity contribution is 6.30. The van der Waals surface area contributed by atoms with Crippen molar-refractivity contribution in [3.63, 3.8) is 0 Å². The van der Waals surface area contributed by atoms with Gasteiger partial charge in [-0.2, -0.15) is 4.98 Å². The average Bonchev–Trinajstić information content (AvgIpc) is 2.99. The van der Waals surface area contributed by atoms with Gasteiger partial charge in [-0.1, -0.05) is 29.8 Å². The fourth-order valence-corrected chi connectivity index (χ4v) is 5.48. The maximum absolute atomic E-state index is 15.1. The Hall–Kier alpha value is -4.21. The summed E-state index contributed by atoms with van der Waals surface area (Å²) in [6.07, 6.45) is 1.53. The Morgan fingerprint density at radius 3 is 2.66 bits per heavy atom. The molecule has 0 aliphatic carbocycles. The molecule has 8 nitrogen and oxygen atoms in total. The first kappa shape index (κ1) is 31.2. The average molecular weight is 618 g/mol. The Balaban J connectivity index is 1.40. The largest absolute Gasteiger partial charge is 0.490 e. The molecular formula is C34H37ClFN5O3. The van der Waals surface area contributed by atoms with Crippen molar-refractivity contribution in [1.29, 1.82) is 0 Å². The van der Waals surface area contributed by atoms with E-state index in [9.17, 15) is 4.79 Å². The minimum Gasteiger partial charge on any atom is -0.490 e. The molecule has 3 aromatic carbocycles. The number of aryl methyl sites for hydroxylation is 1. The molecule has 10 heteroatoms. The van der Waals surface area contributed by atoms with E-state index in [-0.39, 0.29) is 17.6 Å². The van der Waals surface area contributed by atoms with Crippen molar-refractivity contribution in [2.45, 2.75) is 33.6 Å². The van der Waals surface area contributed by atoms with Gasteiger partial charge in [0.1, 0.15) is 0 Å². The van der Waals surface area contributed by atoms with Crippen LogP contribution in [0.5, 0.6) is 11.6 Å². The van der Waals surface area contributed by atoms with Crippen LogP contribution < -0.4 is 19.7 Å². The van der Waals surface area contributed by atoms with Crippen molar-refractivity contribution < 1.29 is 18.7 Å². The lowest BCUT2D eigenvalue weighted by Gasteiger charge is -2.29. The van der Waals surface area contributed by atoms with Gasteiger partial charge in [-0.25, -0.2) is 14.2 Å². The minimum absolute atomic E-state index is 0.0341. The van der Waals surface area contributed by atoms with E-state index >= 15 is 4.39 Å². The van der Waals surface area contributed by atoms with Crippen molar-refractivity contribution in [2.24, 2.45) is 5.92 Å². The molecule has 5 rings (SSSR count). The lowest BCUT2D eigenvalue weighted by molar-refractivity contribution is 0.147. The molecule has 0 spiro atoms. The second kappa shape index (κ2) is 13.6. The second-order valence-corrected chi connectivity index (χ2v) is 11.8. The number of anilines is 3. The number of piperidine rings is 1. The van der Waals surface area contributed by atoms with Crippen LogP contribution in [0.2, 0.25) is 5.02 Å². The van der Waals surface area contributed by atoms with Gasteiger partial charge in [0.05, 0.1) is 12.3 Å². The highest BCUT2D eigenvalue weighted by atomic mass is 35.5. The van der Waals surface area contributed by atoms with Crippen LogP contribution in [0.25, 0.3) is 11.3 Å². The summed E-state index contributed by atoms with van der Waals surface area (Å²) in [5, 5.41) is 3.57. The van der Waals surface area contributed by atoms with Gasteiger partial charge in [0.15, 0.2) is 11.6 Å². The Labute approximate surface area is 262 Å². The van der Waals surface area contributed by atoms with Crippen molar-refractivity contribution in [2.75, 3.05) is 44.0 Å². The van der Waals surface area contributed by atoms with E-state index < -0.39 is 11.9 Å². The van der Waals surface area contributed by atoms with Gasteiger partial charge >= 0.3 is 6.09 Å². The summed E-state index contributed by atoms with van der Waals surface area (Å²) in [5.74, 6) is 0.256. The fraction of sp³-hybridized carbons (Fsp3) is 0.324. The molecule has 44 heavy (non-hydrogen) atoms. The third-order valence-electron chi connectivity index (χ3n) is 8.08. The molecule has 1 amide bonds. The van der Waals surface area contributed by atoms with Crippen LogP contribution >= 0.6 is 11.6 Å². The van der Waals surface area contributed by atoms with Crippen LogP contribution in [-0.4, -0.2) is 54.8 Å². The maximum atomic E-state index is 15.1. The third-order valence-corrected chi connectivity index (χ3v) is 8.32. The van der Waals surface area contributed by atoms with Crippen LogP contribution in [0, 0.1) is 32.5 Å². The van der Waals surface area contributed by atoms with Crippen molar-refractivity contribution in [3.05, 3.63) is 88.2 Å². The molecule has 1 aliphatic heterocycles. The van der Waals surface area contributed by atoms with E-state index in [0.29, 0.717) is 34.6 Å². The topological polar surface area (TPSA) is 79.8 Å². The molecule has 1 unspecified atom stereocenters. The number of amides is 1. The second-order valence-electron chi connectivity index (χ2n) is 11.4. The van der Waals surface area contributed by atoms with E-state index in [4.69, 9.17) is 26.1 Å². The molecule has 1 atom stereocenters. The predicted molar refractivity (Wildman–Crippen MR) is 173 cm³/mol. The summed E-state index contributed by atoms with van der Waals surface area (Å²) in [4.78, 5) is 25.8. The molecule has 230 valence electrons. The molecule has 2 heterocycles. The normalized spacial score (nSPS) is 15.1. The number of carbonyl (C=O) groups is 1. The Kier molecular flexibility index (Phi) is 9.66. The third kappa shape index (κ3) is 7.46. The van der Waals surface area contributed by atoms with Gasteiger partial charge in [-0.15, -0.1) is 0 Å². The van der Waals surface area contributed by atoms with Crippen LogP contribution in [0.4, 0.5) is 26.5 Å². The summed E-state index contributed by atoms with van der Waals surface area (Å²) >= 11 is 6.11. The quantitative estimate of drug-likeness (QED) is 0.215. The molecule has 1 aromatic heterocycles. The smallest absolute Gasteiger partial charge is 0.420 e. The van der Waals surface area contributed by atoms with Gasteiger partial charge in [0, 0.05) is 53.6 Å². The molecule has 1 fully saturated rings. The van der Waals surface area contributed by atoms with Crippen molar-refractivity contribution >= 4 is 35.0 Å². The Morgan fingerprint density at radius 2 is 1.91 bits per heavy atom. The number of benzene rings is 3. The lowest BCUT2D eigenvalue weighted by Crippen LogP contribution is -2.34. The first-order valence-electron chi connectivity index (χ1n) is 14.6. The van der Waals surface area contributed by atoms with Gasteiger partial charge in [-0.05, 0) is 94.2 Å². The Bertz CT molecular complexity index is 1670. The van der Waals surface area contributed by atoms with Gasteiger partial charge < -0.3 is 19.7 Å². The summed E-state index contributed by atoms with van der Waals surface area (Å²) in [7, 11) is 3.68. The van der Waals surface area contributed by atoms with Crippen LogP contribution in [0.3, 0.4) is 0 Å². The van der Waals surface area contributed by atoms with E-state index in [1.165, 1.54) is 11.0 Å². The van der Waals surface area contributed by atoms with Crippen molar-refractivity contribution in [1.82, 2.24) is 14.9 Å². The van der Waals surface area contributed by atoms with E-state index in [0.717, 1.165) is 48.2 Å². The van der Waals surface area contributed by atoms with E-state index in [1.807, 2.05) is 32.9 Å². The SMILES string of the molecule is Cc1ccc(-c2cc(OC(=O)N(C)c3cccc(Cl)c3)nc(Nc3ccc(OCC4CCCN(C)C4)c(F)c3)n2)c(C)c1C. The summed E-state index contributed by atoms with van der Waals surface area (Å²) in [6, 6.07) is 17.2. The maximum Gasteiger partial charge on any atom is 0.420 e. The first-order valence-corrected chi connectivity index (χ1v) is 15.0. The molecule has 1 N–H and O–H groups in total. The van der Waals surface area contributed by atoms with E-state index in [2.05, 4.69) is 22.2 Å². The zero-order valence-corrected chi connectivity index (χ0v) is 26.4. The molecule has 1 aliphatic rings. The van der Waals surface area contributed by atoms with Crippen LogP contribution in [-0.2, 0) is 0 Å². The number of likely N-dealkylation sites (tertiary alicyclic amines) is 1. The number of nitrogens with zero attached hydrogens (tertiary/aromatic N) is 4. The number of rotatable bonds is 8.